The van der Waals surface area contributed by atoms with E-state index in [1.807, 2.05) is 24.3 Å². The highest BCUT2D eigenvalue weighted by Gasteiger charge is 2.56. The fourth-order valence-electron chi connectivity index (χ4n) is 11.3. The molecule has 2 N–H and O–H groups in total. The summed E-state index contributed by atoms with van der Waals surface area (Å²) in [6.07, 6.45) is 19.0. The summed E-state index contributed by atoms with van der Waals surface area (Å²) >= 11 is 0. The van der Waals surface area contributed by atoms with Crippen molar-refractivity contribution in [1.82, 2.24) is 64.2 Å². The number of aromatic nitrogens is 13. The molecule has 0 saturated heterocycles. The van der Waals surface area contributed by atoms with Crippen molar-refractivity contribution >= 4 is 11.6 Å². The number of ether oxygens (including phenoxy) is 2. The molecule has 6 aliphatic rings. The van der Waals surface area contributed by atoms with Crippen molar-refractivity contribution in [3.8, 4) is 62.3 Å². The van der Waals surface area contributed by atoms with Gasteiger partial charge in [0.05, 0.1) is 43.8 Å². The molecule has 80 heavy (non-hydrogen) atoms. The van der Waals surface area contributed by atoms with E-state index in [0.717, 1.165) is 49.5 Å². The summed E-state index contributed by atoms with van der Waals surface area (Å²) in [7, 11) is 1.56. The average Bonchev–Trinajstić information content (AvgIpc) is 4.11. The molecule has 9 heterocycles. The first kappa shape index (κ1) is 50.2. The van der Waals surface area contributed by atoms with Crippen LogP contribution in [0.2, 0.25) is 0 Å². The Balaban J connectivity index is 0.790. The molecule has 4 bridgehead atoms. The Morgan fingerprint density at radius 1 is 0.562 bits per heavy atom. The third-order valence-corrected chi connectivity index (χ3v) is 15.6. The zero-order valence-corrected chi connectivity index (χ0v) is 43.2. The van der Waals surface area contributed by atoms with E-state index in [1.165, 1.54) is 82.0 Å². The second-order valence-corrected chi connectivity index (χ2v) is 21.2. The van der Waals surface area contributed by atoms with Gasteiger partial charge in [-0.1, -0.05) is 6.07 Å². The fraction of sp³-hybridized carbons (Fsp3) is 0.293. The molecular weight excluding hydrogens is 1020 g/mol. The molecular formula is C58H51F2N15O5. The van der Waals surface area contributed by atoms with Crippen LogP contribution in [0.25, 0.3) is 56.3 Å². The molecule has 402 valence electrons. The van der Waals surface area contributed by atoms with Crippen LogP contribution in [0.3, 0.4) is 0 Å². The van der Waals surface area contributed by atoms with Crippen molar-refractivity contribution in [3.63, 3.8) is 0 Å². The minimum Gasteiger partial charge on any atom is -0.461 e. The number of rotatable bonds is 19. The van der Waals surface area contributed by atoms with E-state index in [0.29, 0.717) is 80.4 Å². The van der Waals surface area contributed by atoms with Crippen LogP contribution in [0.5, 0.6) is 6.01 Å². The van der Waals surface area contributed by atoms with Gasteiger partial charge in [-0.2, -0.15) is 15.3 Å². The number of methoxy groups -OCH3 is 1. The van der Waals surface area contributed by atoms with Crippen LogP contribution in [-0.2, 0) is 24.4 Å². The molecule has 15 rings (SSSR count). The Morgan fingerprint density at radius 2 is 1.21 bits per heavy atom. The van der Waals surface area contributed by atoms with Crippen LogP contribution in [0, 0.1) is 29.4 Å². The molecule has 0 aliphatic heterocycles. The van der Waals surface area contributed by atoms with Gasteiger partial charge in [0.2, 0.25) is 0 Å². The minimum absolute atomic E-state index is 0.0221. The highest BCUT2D eigenvalue weighted by atomic mass is 19.1. The van der Waals surface area contributed by atoms with Crippen LogP contribution in [-0.4, -0.2) is 96.1 Å². The van der Waals surface area contributed by atoms with Gasteiger partial charge in [0.1, 0.15) is 47.0 Å². The molecule has 9 aromatic heterocycles. The number of hydrogen-bond donors (Lipinski definition) is 2. The van der Waals surface area contributed by atoms with Crippen molar-refractivity contribution in [1.29, 1.82) is 0 Å². The van der Waals surface area contributed by atoms with E-state index in [2.05, 4.69) is 35.7 Å². The van der Waals surface area contributed by atoms with Crippen molar-refractivity contribution in [2.45, 2.75) is 69.7 Å². The Labute approximate surface area is 455 Å². The molecule has 6 fully saturated rings. The largest absolute Gasteiger partial charge is 0.461 e. The second-order valence-electron chi connectivity index (χ2n) is 21.2. The van der Waals surface area contributed by atoms with Crippen LogP contribution in [0.4, 0.5) is 20.4 Å². The molecule has 9 aromatic rings. The molecule has 22 heteroatoms. The first-order chi connectivity index (χ1) is 39.0. The molecule has 0 spiro atoms. The Morgan fingerprint density at radius 3 is 1.84 bits per heavy atom. The lowest BCUT2D eigenvalue weighted by Crippen LogP contribution is -2.63. The number of fused-ring (bicyclic) bond motifs is 1. The predicted octanol–water partition coefficient (Wildman–Crippen LogP) is 7.08. The van der Waals surface area contributed by atoms with Gasteiger partial charge in [-0.3, -0.25) is 29.3 Å². The number of nitrogens with zero attached hydrogens (tertiary/aromatic N) is 13. The van der Waals surface area contributed by atoms with E-state index in [-0.39, 0.29) is 54.7 Å². The van der Waals surface area contributed by atoms with E-state index < -0.39 is 28.3 Å². The van der Waals surface area contributed by atoms with Crippen LogP contribution >= 0.6 is 0 Å². The fourth-order valence-corrected chi connectivity index (χ4v) is 11.3. The summed E-state index contributed by atoms with van der Waals surface area (Å²) in [5, 5.41) is 21.3. The summed E-state index contributed by atoms with van der Waals surface area (Å²) in [5.41, 5.74) is 3.69. The maximum absolute atomic E-state index is 16.6. The van der Waals surface area contributed by atoms with Gasteiger partial charge in [0.25, 0.3) is 16.7 Å². The van der Waals surface area contributed by atoms with Crippen molar-refractivity contribution in [2.24, 2.45) is 17.8 Å². The quantitative estimate of drug-likeness (QED) is 0.0769. The third kappa shape index (κ3) is 10.2. The molecule has 0 radical (unpaired) electrons. The minimum atomic E-state index is -0.754. The Kier molecular flexibility index (Phi) is 13.1. The van der Waals surface area contributed by atoms with Gasteiger partial charge in [-0.15, -0.1) is 0 Å². The van der Waals surface area contributed by atoms with E-state index >= 15 is 4.39 Å². The van der Waals surface area contributed by atoms with E-state index in [4.69, 9.17) is 34.6 Å². The molecule has 0 aromatic carbocycles. The van der Waals surface area contributed by atoms with Crippen LogP contribution in [0.15, 0.2) is 137 Å². The molecule has 0 unspecified atom stereocenters. The summed E-state index contributed by atoms with van der Waals surface area (Å²) in [6, 6.07) is 19.8. The maximum atomic E-state index is 16.6. The number of nitrogens with one attached hydrogen (secondary N) is 2. The zero-order chi connectivity index (χ0) is 54.5. The summed E-state index contributed by atoms with van der Waals surface area (Å²) < 4.78 is 44.9. The Bertz CT molecular complexity index is 3970. The number of pyridine rings is 5. The van der Waals surface area contributed by atoms with Gasteiger partial charge in [0.15, 0.2) is 0 Å². The SMILES string of the molecule is COCCOc1ncc(-c2ccc(=O)n(Cc3cnc(-c4cc(=O)n(Cc5ccc(-c6cc(=O)n(Cc7cncc(F)c7)nc6-c6ccc(N[C@@H]7CC8CC7C8)nc6)nc5)nc4-c4ccc(NC56CC(C5)C6)nc4)c(F)c3)n2)cn1. The van der Waals surface area contributed by atoms with Crippen molar-refractivity contribution in [3.05, 3.63) is 182 Å². The lowest BCUT2D eigenvalue weighted by Gasteiger charge is -2.62. The highest BCUT2D eigenvalue weighted by molar-refractivity contribution is 5.80. The average molecular weight is 1080 g/mol. The number of halogens is 2. The number of anilines is 2. The summed E-state index contributed by atoms with van der Waals surface area (Å²) in [4.78, 5) is 72.0. The molecule has 20 nitrogen and oxygen atoms in total. The Hall–Kier alpha value is -9.31. The molecule has 6 saturated carbocycles. The van der Waals surface area contributed by atoms with Gasteiger partial charge in [0, 0.05) is 108 Å². The third-order valence-electron chi connectivity index (χ3n) is 15.6. The second kappa shape index (κ2) is 20.8. The van der Waals surface area contributed by atoms with Gasteiger partial charge >= 0.3 is 6.01 Å². The van der Waals surface area contributed by atoms with Crippen LogP contribution < -0.4 is 32.0 Å². The van der Waals surface area contributed by atoms with Crippen LogP contribution in [0.1, 0.15) is 55.2 Å². The lowest BCUT2D eigenvalue weighted by molar-refractivity contribution is 0.00181. The molecule has 6 aliphatic carbocycles. The summed E-state index contributed by atoms with van der Waals surface area (Å²) in [6.45, 7) is 0.481. The van der Waals surface area contributed by atoms with E-state index in [9.17, 15) is 18.8 Å². The number of hydrogen-bond acceptors (Lipinski definition) is 17. The highest BCUT2D eigenvalue weighted by Crippen LogP contribution is 2.58. The molecule has 0 amide bonds. The summed E-state index contributed by atoms with van der Waals surface area (Å²) in [5.74, 6) is 2.39. The van der Waals surface area contributed by atoms with Gasteiger partial charge < -0.3 is 20.1 Å². The maximum Gasteiger partial charge on any atom is 0.316 e. The first-order valence-electron chi connectivity index (χ1n) is 26.4. The topological polar surface area (TPSA) is 237 Å². The monoisotopic (exact) mass is 1080 g/mol. The zero-order valence-electron chi connectivity index (χ0n) is 43.2. The smallest absolute Gasteiger partial charge is 0.316 e. The van der Waals surface area contributed by atoms with Gasteiger partial charge in [-0.05, 0) is 121 Å². The van der Waals surface area contributed by atoms with E-state index in [1.54, 1.807) is 43.9 Å². The van der Waals surface area contributed by atoms with Crippen molar-refractivity contribution < 1.29 is 18.3 Å². The standard InChI is InChI=1S/C58H51F2N15O5/c1-79-10-11-80-57-66-27-41(28-67-57)46-6-9-51(76)73(70-46)32-36-15-45(60)56(65-24-36)44-18-53(78)74(72-55(44)39-4-8-50(64-26-39)69-58-19-37(20-58)21-58)30-33-2-5-47(62-23-33)43-17-52(77)75(31-35-14-42(59)29-61-22-35)71-54(43)38-3-7-49(63-25-38)68-48-16-34-12-40(48)13-34/h2-9,14-15,17-18,22-29,34,37,40,48H,10-13,16,19-21,30-32H2,1H3,(H,63,68)(H,64,69)/t34?,37?,40?,48-,58?/m1/s1. The first-order valence-corrected chi connectivity index (χ1v) is 26.4. The predicted molar refractivity (Wildman–Crippen MR) is 290 cm³/mol. The normalized spacial score (nSPS) is 19.4. The van der Waals surface area contributed by atoms with Crippen molar-refractivity contribution in [2.75, 3.05) is 31.0 Å². The van der Waals surface area contributed by atoms with Gasteiger partial charge in [-0.25, -0.2) is 42.8 Å². The molecule has 1 atom stereocenters. The lowest BCUT2D eigenvalue weighted by atomic mass is 9.50.